The molecule has 3 nitrogen and oxygen atoms in total. The van der Waals surface area contributed by atoms with E-state index in [4.69, 9.17) is 15.0 Å². The minimum atomic E-state index is 0.630. The lowest BCUT2D eigenvalue weighted by Crippen LogP contribution is -2.00. The third kappa shape index (κ3) is 5.86. The summed E-state index contributed by atoms with van der Waals surface area (Å²) in [6.45, 7) is 0. The number of rotatable bonds is 4. The van der Waals surface area contributed by atoms with Crippen molar-refractivity contribution >= 4 is 74.6 Å². The van der Waals surface area contributed by atoms with Gasteiger partial charge in [-0.05, 0) is 61.0 Å². The lowest BCUT2D eigenvalue weighted by Gasteiger charge is -2.11. The molecule has 0 aliphatic heterocycles. The average Bonchev–Trinajstić information content (AvgIpc) is 3.67. The highest BCUT2D eigenvalue weighted by molar-refractivity contribution is 7.26. The fraction of sp³-hybridized carbons (Fsp3) is 0. The lowest BCUT2D eigenvalue weighted by molar-refractivity contribution is 1.07. The van der Waals surface area contributed by atoms with Crippen molar-refractivity contribution in [3.8, 4) is 45.3 Å². The summed E-state index contributed by atoms with van der Waals surface area (Å²) < 4.78 is 2.57. The molecule has 0 amide bonds. The largest absolute Gasteiger partial charge is 0.208 e. The molecule has 0 atom stereocenters. The van der Waals surface area contributed by atoms with E-state index in [2.05, 4.69) is 176 Å². The molecule has 11 aromatic rings. The first-order valence-corrected chi connectivity index (χ1v) is 20.0. The number of hydrogen-bond acceptors (Lipinski definition) is 4. The Morgan fingerprint density at radius 2 is 0.737 bits per heavy atom. The van der Waals surface area contributed by atoms with Gasteiger partial charge in [0.2, 0.25) is 0 Å². The molecule has 0 radical (unpaired) electrons. The van der Waals surface area contributed by atoms with Crippen molar-refractivity contribution in [2.24, 2.45) is 0 Å². The molecule has 0 bridgehead atoms. The minimum Gasteiger partial charge on any atom is -0.208 e. The van der Waals surface area contributed by atoms with E-state index in [1.807, 2.05) is 35.6 Å². The predicted molar refractivity (Wildman–Crippen MR) is 242 cm³/mol. The highest BCUT2D eigenvalue weighted by Crippen LogP contribution is 2.43. The van der Waals surface area contributed by atoms with Crippen molar-refractivity contribution in [1.82, 2.24) is 15.0 Å². The van der Waals surface area contributed by atoms with Crippen LogP contribution in [-0.2, 0) is 0 Å². The summed E-state index contributed by atoms with van der Waals surface area (Å²) in [6.07, 6.45) is 0. The van der Waals surface area contributed by atoms with E-state index < -0.39 is 0 Å². The molecule has 0 saturated heterocycles. The maximum Gasteiger partial charge on any atom is 0.164 e. The Hall–Kier alpha value is -7.27. The number of benzene rings is 8. The van der Waals surface area contributed by atoms with Crippen molar-refractivity contribution < 1.29 is 0 Å². The van der Waals surface area contributed by atoms with Crippen LogP contribution in [0.25, 0.3) is 109 Å². The van der Waals surface area contributed by atoms with E-state index in [0.29, 0.717) is 17.5 Å². The topological polar surface area (TPSA) is 38.7 Å². The standard InChI is InChI=1S/C53H33N3S/c1-3-13-34(14-4-1)35-23-28-39(29-24-35)52-54-51(38-16-5-2-6-17-38)55-53(56-52)40-30-27-37-26-25-36-15-7-8-18-41(36)42-19-9-10-21-44(42)49-45(47(37)33-40)31-32-46-43-20-11-12-22-48(43)57-50(46)49/h1-33H. The third-order valence-electron chi connectivity index (χ3n) is 11.0. The van der Waals surface area contributed by atoms with Crippen LogP contribution in [0.1, 0.15) is 0 Å². The van der Waals surface area contributed by atoms with Crippen LogP contribution in [0.3, 0.4) is 0 Å². The summed E-state index contributed by atoms with van der Waals surface area (Å²) in [5, 5.41) is 12.1. The van der Waals surface area contributed by atoms with E-state index in [1.54, 1.807) is 0 Å². The summed E-state index contributed by atoms with van der Waals surface area (Å²) in [6, 6.07) is 71.2. The molecule has 0 aliphatic rings. The van der Waals surface area contributed by atoms with Gasteiger partial charge in [0, 0.05) is 42.2 Å². The molecule has 0 aliphatic carbocycles. The van der Waals surface area contributed by atoms with E-state index in [9.17, 15) is 0 Å². The Labute approximate surface area is 333 Å². The summed E-state index contributed by atoms with van der Waals surface area (Å²) in [7, 11) is 0. The monoisotopic (exact) mass is 743 g/mol. The molecule has 4 heteroatoms. The van der Waals surface area contributed by atoms with Gasteiger partial charge in [-0.2, -0.15) is 0 Å². The number of fused-ring (bicyclic) bond motifs is 11. The summed E-state index contributed by atoms with van der Waals surface area (Å²) in [5.74, 6) is 1.90. The fourth-order valence-electron chi connectivity index (χ4n) is 8.15. The number of nitrogens with zero attached hydrogens (tertiary/aromatic N) is 3. The Morgan fingerprint density at radius 3 is 1.47 bits per heavy atom. The van der Waals surface area contributed by atoms with E-state index in [1.165, 1.54) is 58.1 Å². The molecular formula is C53H33N3S. The number of thiophene rings is 1. The first-order valence-electron chi connectivity index (χ1n) is 19.2. The van der Waals surface area contributed by atoms with Crippen molar-refractivity contribution in [2.75, 3.05) is 0 Å². The Kier molecular flexibility index (Phi) is 8.01. The molecule has 266 valence electrons. The van der Waals surface area contributed by atoms with E-state index in [0.717, 1.165) is 33.0 Å². The maximum absolute atomic E-state index is 5.19. The highest BCUT2D eigenvalue weighted by atomic mass is 32.1. The van der Waals surface area contributed by atoms with Crippen LogP contribution in [-0.4, -0.2) is 15.0 Å². The van der Waals surface area contributed by atoms with Crippen molar-refractivity contribution in [1.29, 1.82) is 0 Å². The summed E-state index contributed by atoms with van der Waals surface area (Å²) >= 11 is 1.87. The average molecular weight is 744 g/mol. The highest BCUT2D eigenvalue weighted by Gasteiger charge is 2.16. The lowest BCUT2D eigenvalue weighted by atomic mass is 9.96. The van der Waals surface area contributed by atoms with Crippen LogP contribution in [0.15, 0.2) is 200 Å². The molecule has 11 rings (SSSR count). The van der Waals surface area contributed by atoms with Crippen LogP contribution < -0.4 is 0 Å². The number of hydrogen-bond donors (Lipinski definition) is 0. The zero-order valence-electron chi connectivity index (χ0n) is 30.8. The molecular weight excluding hydrogens is 711 g/mol. The van der Waals surface area contributed by atoms with Gasteiger partial charge in [0.15, 0.2) is 17.5 Å². The van der Waals surface area contributed by atoms with E-state index >= 15 is 0 Å². The van der Waals surface area contributed by atoms with Crippen LogP contribution >= 0.6 is 11.3 Å². The van der Waals surface area contributed by atoms with Crippen LogP contribution in [0.2, 0.25) is 0 Å². The Bertz CT molecular complexity index is 3390. The second-order valence-corrected chi connectivity index (χ2v) is 15.4. The molecule has 0 spiro atoms. The quantitative estimate of drug-likeness (QED) is 0.180. The zero-order chi connectivity index (χ0) is 37.7. The zero-order valence-corrected chi connectivity index (χ0v) is 31.6. The van der Waals surface area contributed by atoms with Gasteiger partial charge < -0.3 is 0 Å². The van der Waals surface area contributed by atoms with Gasteiger partial charge in [0.25, 0.3) is 0 Å². The summed E-state index contributed by atoms with van der Waals surface area (Å²) in [4.78, 5) is 15.4. The second-order valence-electron chi connectivity index (χ2n) is 14.3. The van der Waals surface area contributed by atoms with Gasteiger partial charge in [0.05, 0.1) is 0 Å². The van der Waals surface area contributed by atoms with Gasteiger partial charge in [-0.3, -0.25) is 0 Å². The number of aromatic nitrogens is 3. The van der Waals surface area contributed by atoms with Crippen LogP contribution in [0, 0.1) is 0 Å². The second kappa shape index (κ2) is 13.8. The molecule has 2 heterocycles. The van der Waals surface area contributed by atoms with Crippen molar-refractivity contribution in [3.05, 3.63) is 200 Å². The van der Waals surface area contributed by atoms with Gasteiger partial charge in [0.1, 0.15) is 0 Å². The van der Waals surface area contributed by atoms with Crippen LogP contribution in [0.5, 0.6) is 0 Å². The first-order chi connectivity index (χ1) is 28.2. The van der Waals surface area contributed by atoms with Crippen LogP contribution in [0.4, 0.5) is 0 Å². The molecule has 0 saturated carbocycles. The van der Waals surface area contributed by atoms with E-state index in [-0.39, 0.29) is 0 Å². The van der Waals surface area contributed by atoms with Gasteiger partial charge >= 0.3 is 0 Å². The van der Waals surface area contributed by atoms with Gasteiger partial charge in [-0.15, -0.1) is 11.3 Å². The van der Waals surface area contributed by atoms with Gasteiger partial charge in [-0.1, -0.05) is 188 Å². The Balaban J connectivity index is 1.21. The first kappa shape index (κ1) is 33.1. The predicted octanol–water partition coefficient (Wildman–Crippen LogP) is 14.6. The molecule has 57 heavy (non-hydrogen) atoms. The SMILES string of the molecule is c1ccc(-c2ccc(-c3nc(-c4ccccc4)nc(-c4ccc5ccc6ccccc6c6ccccc6c6c(ccc7c8ccccc8sc76)c5c4)n3)cc2)cc1. The molecule has 0 unspecified atom stereocenters. The smallest absolute Gasteiger partial charge is 0.164 e. The van der Waals surface area contributed by atoms with Gasteiger partial charge in [-0.25, -0.2) is 15.0 Å². The third-order valence-corrected chi connectivity index (χ3v) is 12.2. The molecule has 0 fully saturated rings. The van der Waals surface area contributed by atoms with Crippen molar-refractivity contribution in [3.63, 3.8) is 0 Å². The normalized spacial score (nSPS) is 11.5. The molecule has 2 aromatic heterocycles. The molecule has 9 aromatic carbocycles. The minimum absolute atomic E-state index is 0.630. The van der Waals surface area contributed by atoms with Crippen molar-refractivity contribution in [2.45, 2.75) is 0 Å². The fourth-order valence-corrected chi connectivity index (χ4v) is 9.42. The molecule has 0 N–H and O–H groups in total. The Morgan fingerprint density at radius 1 is 0.281 bits per heavy atom. The maximum atomic E-state index is 5.19. The summed E-state index contributed by atoms with van der Waals surface area (Å²) in [5.41, 5.74) is 5.13.